The predicted molar refractivity (Wildman–Crippen MR) is 96.1 cm³/mol. The summed E-state index contributed by atoms with van der Waals surface area (Å²) in [6.45, 7) is 0. The van der Waals surface area contributed by atoms with E-state index in [1.54, 1.807) is 20.3 Å². The van der Waals surface area contributed by atoms with Crippen molar-refractivity contribution in [3.05, 3.63) is 70.0 Å². The van der Waals surface area contributed by atoms with Gasteiger partial charge in [-0.3, -0.25) is 4.79 Å². The molecule has 0 bridgehead atoms. The maximum atomic E-state index is 12.3. The van der Waals surface area contributed by atoms with E-state index in [0.717, 1.165) is 46.5 Å². The summed E-state index contributed by atoms with van der Waals surface area (Å²) in [6, 6.07) is 15.4. The molecule has 0 aliphatic carbocycles. The molecule has 0 aliphatic heterocycles. The van der Waals surface area contributed by atoms with Crippen LogP contribution in [0.2, 0.25) is 0 Å². The van der Waals surface area contributed by atoms with Gasteiger partial charge in [0.15, 0.2) is 16.9 Å². The van der Waals surface area contributed by atoms with Crippen LogP contribution < -0.4 is 14.9 Å². The maximum Gasteiger partial charge on any atom is 0.189 e. The molecule has 0 N–H and O–H groups in total. The first-order valence-electron chi connectivity index (χ1n) is 7.92. The van der Waals surface area contributed by atoms with Crippen molar-refractivity contribution in [1.29, 1.82) is 0 Å². The highest BCUT2D eigenvalue weighted by Gasteiger charge is 2.08. The molecule has 0 amide bonds. The van der Waals surface area contributed by atoms with Crippen LogP contribution in [0.15, 0.2) is 53.3 Å². The summed E-state index contributed by atoms with van der Waals surface area (Å²) in [5.41, 5.74) is 3.21. The number of fused-ring (bicyclic) bond motifs is 1. The van der Waals surface area contributed by atoms with Crippen molar-refractivity contribution in [2.75, 3.05) is 14.2 Å². The Balaban J connectivity index is 1.89. The second-order valence-electron chi connectivity index (χ2n) is 5.77. The van der Waals surface area contributed by atoms with E-state index in [2.05, 4.69) is 4.57 Å². The lowest BCUT2D eigenvalue weighted by Gasteiger charge is -2.13. The Morgan fingerprint density at radius 3 is 2.42 bits per heavy atom. The Labute approximate surface area is 141 Å². The third-order valence-corrected chi connectivity index (χ3v) is 4.38. The Bertz CT molecular complexity index is 928. The average Bonchev–Trinajstić information content (AvgIpc) is 2.63. The number of rotatable bonds is 5. The third-order valence-electron chi connectivity index (χ3n) is 4.38. The van der Waals surface area contributed by atoms with Gasteiger partial charge in [-0.25, -0.2) is 0 Å². The minimum Gasteiger partial charge on any atom is -0.493 e. The quantitative estimate of drug-likeness (QED) is 0.723. The number of para-hydroxylation sites is 1. The Morgan fingerprint density at radius 2 is 1.67 bits per heavy atom. The van der Waals surface area contributed by atoms with E-state index in [9.17, 15) is 4.79 Å². The molecule has 4 heteroatoms. The summed E-state index contributed by atoms with van der Waals surface area (Å²) in [6.07, 6.45) is 1.61. The minimum atomic E-state index is 0.0750. The normalized spacial score (nSPS) is 10.8. The van der Waals surface area contributed by atoms with Crippen molar-refractivity contribution >= 4 is 10.9 Å². The molecule has 24 heavy (non-hydrogen) atoms. The van der Waals surface area contributed by atoms with E-state index in [1.165, 1.54) is 0 Å². The molecule has 1 aromatic heterocycles. The van der Waals surface area contributed by atoms with Crippen LogP contribution in [-0.4, -0.2) is 18.8 Å². The van der Waals surface area contributed by atoms with Gasteiger partial charge in [-0.1, -0.05) is 18.2 Å². The van der Waals surface area contributed by atoms with E-state index < -0.39 is 0 Å². The van der Waals surface area contributed by atoms with Crippen LogP contribution >= 0.6 is 0 Å². The molecular formula is C20H21NO3. The predicted octanol–water partition coefficient (Wildman–Crippen LogP) is 3.34. The number of methoxy groups -OCH3 is 2. The lowest BCUT2D eigenvalue weighted by atomic mass is 10.1. The number of nitrogens with zero attached hydrogens (tertiary/aromatic N) is 1. The van der Waals surface area contributed by atoms with Crippen LogP contribution in [0.5, 0.6) is 11.5 Å². The van der Waals surface area contributed by atoms with Crippen LogP contribution in [0, 0.1) is 0 Å². The first-order valence-corrected chi connectivity index (χ1v) is 7.92. The van der Waals surface area contributed by atoms with Crippen LogP contribution in [0.1, 0.15) is 11.3 Å². The molecule has 3 aromatic rings. The topological polar surface area (TPSA) is 40.5 Å². The molecule has 0 atom stereocenters. The van der Waals surface area contributed by atoms with Gasteiger partial charge in [-0.15, -0.1) is 0 Å². The van der Waals surface area contributed by atoms with E-state index in [-0.39, 0.29) is 5.43 Å². The Hall–Kier alpha value is -2.75. The minimum absolute atomic E-state index is 0.0750. The van der Waals surface area contributed by atoms with E-state index in [0.29, 0.717) is 0 Å². The van der Waals surface area contributed by atoms with Crippen molar-refractivity contribution in [3.8, 4) is 11.5 Å². The molecule has 3 rings (SSSR count). The number of benzene rings is 2. The van der Waals surface area contributed by atoms with Gasteiger partial charge < -0.3 is 14.0 Å². The Kier molecular flexibility index (Phi) is 4.56. The SMILES string of the molecule is COc1ccc(CCc2cc(=O)c3ccccc3n2C)cc1OC. The molecule has 0 saturated carbocycles. The highest BCUT2D eigenvalue weighted by molar-refractivity contribution is 5.79. The first kappa shape index (κ1) is 16.1. The molecule has 2 aromatic carbocycles. The summed E-state index contributed by atoms with van der Waals surface area (Å²) >= 11 is 0. The lowest BCUT2D eigenvalue weighted by molar-refractivity contribution is 0.354. The lowest BCUT2D eigenvalue weighted by Crippen LogP contribution is -2.12. The molecule has 4 nitrogen and oxygen atoms in total. The summed E-state index contributed by atoms with van der Waals surface area (Å²) in [5.74, 6) is 1.45. The number of hydrogen-bond acceptors (Lipinski definition) is 3. The van der Waals surface area contributed by atoms with Crippen molar-refractivity contribution in [2.24, 2.45) is 7.05 Å². The fourth-order valence-electron chi connectivity index (χ4n) is 3.00. The van der Waals surface area contributed by atoms with E-state index in [1.807, 2.05) is 49.5 Å². The molecule has 0 fully saturated rings. The molecule has 0 spiro atoms. The smallest absolute Gasteiger partial charge is 0.189 e. The number of hydrogen-bond donors (Lipinski definition) is 0. The molecule has 1 heterocycles. The van der Waals surface area contributed by atoms with Crippen LogP contribution in [-0.2, 0) is 19.9 Å². The first-order chi connectivity index (χ1) is 11.6. The molecule has 0 aliphatic rings. The Morgan fingerprint density at radius 1 is 0.917 bits per heavy atom. The van der Waals surface area contributed by atoms with Gasteiger partial charge in [0.1, 0.15) is 0 Å². The molecule has 0 radical (unpaired) electrons. The number of aryl methyl sites for hydroxylation is 3. The number of pyridine rings is 1. The summed E-state index contributed by atoms with van der Waals surface area (Å²) in [4.78, 5) is 12.3. The fraction of sp³-hybridized carbons (Fsp3) is 0.250. The van der Waals surface area contributed by atoms with Crippen LogP contribution in [0.4, 0.5) is 0 Å². The van der Waals surface area contributed by atoms with Gasteiger partial charge in [0.2, 0.25) is 0 Å². The molecule has 124 valence electrons. The van der Waals surface area contributed by atoms with E-state index >= 15 is 0 Å². The van der Waals surface area contributed by atoms with Gasteiger partial charge in [0.25, 0.3) is 0 Å². The fourth-order valence-corrected chi connectivity index (χ4v) is 3.00. The van der Waals surface area contributed by atoms with Gasteiger partial charge in [0, 0.05) is 24.2 Å². The summed E-state index contributed by atoms with van der Waals surface area (Å²) < 4.78 is 12.7. The maximum absolute atomic E-state index is 12.3. The zero-order chi connectivity index (χ0) is 17.1. The number of ether oxygens (including phenoxy) is 2. The zero-order valence-corrected chi connectivity index (χ0v) is 14.2. The van der Waals surface area contributed by atoms with Crippen LogP contribution in [0.25, 0.3) is 10.9 Å². The van der Waals surface area contributed by atoms with Gasteiger partial charge >= 0.3 is 0 Å². The number of aromatic nitrogens is 1. The largest absolute Gasteiger partial charge is 0.493 e. The second kappa shape index (κ2) is 6.79. The van der Waals surface area contributed by atoms with Crippen molar-refractivity contribution in [1.82, 2.24) is 4.57 Å². The second-order valence-corrected chi connectivity index (χ2v) is 5.77. The molecular weight excluding hydrogens is 302 g/mol. The monoisotopic (exact) mass is 323 g/mol. The standard InChI is InChI=1S/C20H21NO3/c1-21-15(13-18(22)16-6-4-5-7-17(16)21)10-8-14-9-11-19(23-2)20(12-14)24-3/h4-7,9,11-13H,8,10H2,1-3H3. The summed E-state index contributed by atoms with van der Waals surface area (Å²) in [7, 11) is 5.27. The van der Waals surface area contributed by atoms with Gasteiger partial charge in [-0.2, -0.15) is 0 Å². The van der Waals surface area contributed by atoms with Crippen molar-refractivity contribution < 1.29 is 9.47 Å². The molecule has 0 saturated heterocycles. The van der Waals surface area contributed by atoms with Crippen molar-refractivity contribution in [3.63, 3.8) is 0 Å². The van der Waals surface area contributed by atoms with Gasteiger partial charge in [-0.05, 0) is 42.7 Å². The van der Waals surface area contributed by atoms with Gasteiger partial charge in [0.05, 0.1) is 19.7 Å². The van der Waals surface area contributed by atoms with Crippen molar-refractivity contribution in [2.45, 2.75) is 12.8 Å². The highest BCUT2D eigenvalue weighted by Crippen LogP contribution is 2.28. The highest BCUT2D eigenvalue weighted by atomic mass is 16.5. The summed E-state index contributed by atoms with van der Waals surface area (Å²) in [5, 5.41) is 0.759. The average molecular weight is 323 g/mol. The van der Waals surface area contributed by atoms with E-state index in [4.69, 9.17) is 9.47 Å². The third kappa shape index (κ3) is 3.00. The molecule has 0 unspecified atom stereocenters. The van der Waals surface area contributed by atoms with Crippen LogP contribution in [0.3, 0.4) is 0 Å². The zero-order valence-electron chi connectivity index (χ0n) is 14.2.